The van der Waals surface area contributed by atoms with Gasteiger partial charge < -0.3 is 10.1 Å². The lowest BCUT2D eigenvalue weighted by molar-refractivity contribution is -0.123. The Bertz CT molecular complexity index is 726. The van der Waals surface area contributed by atoms with Crippen molar-refractivity contribution in [3.63, 3.8) is 0 Å². The van der Waals surface area contributed by atoms with Crippen LogP contribution in [0.25, 0.3) is 0 Å². The van der Waals surface area contributed by atoms with E-state index < -0.39 is 0 Å². The zero-order valence-electron chi connectivity index (χ0n) is 14.6. The number of nitrogens with zero attached hydrogens (tertiary/aromatic N) is 3. The molecule has 0 spiro atoms. The van der Waals surface area contributed by atoms with Gasteiger partial charge in [-0.05, 0) is 38.8 Å². The molecule has 3 rings (SSSR count). The van der Waals surface area contributed by atoms with E-state index in [9.17, 15) is 4.79 Å². The van der Waals surface area contributed by atoms with Gasteiger partial charge in [0.1, 0.15) is 6.10 Å². The van der Waals surface area contributed by atoms with Gasteiger partial charge in [0, 0.05) is 37.3 Å². The summed E-state index contributed by atoms with van der Waals surface area (Å²) >= 11 is 0. The van der Waals surface area contributed by atoms with Crippen molar-refractivity contribution in [1.82, 2.24) is 20.1 Å². The van der Waals surface area contributed by atoms with E-state index in [4.69, 9.17) is 4.74 Å². The maximum absolute atomic E-state index is 12.6. The maximum atomic E-state index is 12.6. The third kappa shape index (κ3) is 3.06. The van der Waals surface area contributed by atoms with Gasteiger partial charge in [-0.2, -0.15) is 5.10 Å². The van der Waals surface area contributed by atoms with Gasteiger partial charge in [0.2, 0.25) is 5.91 Å². The molecule has 1 amide bonds. The summed E-state index contributed by atoms with van der Waals surface area (Å²) in [6.07, 6.45) is 4.12. The van der Waals surface area contributed by atoms with E-state index in [1.807, 2.05) is 44.6 Å². The number of hydrogen-bond donors (Lipinski definition) is 1. The first kappa shape index (κ1) is 16.6. The second-order valence-corrected chi connectivity index (χ2v) is 6.41. The molecule has 0 aliphatic carbocycles. The maximum Gasteiger partial charge on any atom is 0.227 e. The summed E-state index contributed by atoms with van der Waals surface area (Å²) in [4.78, 5) is 16.7. The lowest BCUT2D eigenvalue weighted by Gasteiger charge is -2.22. The summed E-state index contributed by atoms with van der Waals surface area (Å²) in [5.74, 6) is -0.237. The largest absolute Gasteiger partial charge is 0.371 e. The summed E-state index contributed by atoms with van der Waals surface area (Å²) in [6, 6.07) is 3.75. The number of aryl methyl sites for hydroxylation is 2. The number of carbonyl (C=O) groups is 1. The quantitative estimate of drug-likeness (QED) is 0.934. The number of rotatable bonds is 4. The van der Waals surface area contributed by atoms with Crippen LogP contribution in [0.1, 0.15) is 47.9 Å². The predicted octanol–water partition coefficient (Wildman–Crippen LogP) is 2.18. The summed E-state index contributed by atoms with van der Waals surface area (Å²) in [5.41, 5.74) is 4.05. The highest BCUT2D eigenvalue weighted by molar-refractivity contribution is 5.83. The van der Waals surface area contributed by atoms with E-state index in [1.165, 1.54) is 0 Å². The van der Waals surface area contributed by atoms with Crippen LogP contribution in [0.5, 0.6) is 0 Å². The standard InChI is InChI=1S/C18H24N4O2/c1-11(14-6-5-8-19-10-14)18(23)20-15-7-9-24-17(15)16-12(2)21-22(4)13(16)3/h5-6,8,10-11,15,17H,7,9H2,1-4H3,(H,20,23)/t11?,15-,17-/m0/s1. The van der Waals surface area contributed by atoms with E-state index >= 15 is 0 Å². The fraction of sp³-hybridized carbons (Fsp3) is 0.500. The monoisotopic (exact) mass is 328 g/mol. The van der Waals surface area contributed by atoms with E-state index in [0.29, 0.717) is 6.61 Å². The topological polar surface area (TPSA) is 69.0 Å². The number of aromatic nitrogens is 3. The molecule has 2 aromatic rings. The average molecular weight is 328 g/mol. The Morgan fingerprint density at radius 3 is 2.88 bits per heavy atom. The number of nitrogens with one attached hydrogen (secondary N) is 1. The van der Waals surface area contributed by atoms with Crippen LogP contribution < -0.4 is 5.32 Å². The molecular formula is C18H24N4O2. The van der Waals surface area contributed by atoms with Gasteiger partial charge in [-0.3, -0.25) is 14.5 Å². The van der Waals surface area contributed by atoms with Gasteiger partial charge in [0.25, 0.3) is 0 Å². The van der Waals surface area contributed by atoms with Crippen molar-refractivity contribution >= 4 is 5.91 Å². The highest BCUT2D eigenvalue weighted by atomic mass is 16.5. The Hall–Kier alpha value is -2.21. The van der Waals surface area contributed by atoms with Gasteiger partial charge >= 0.3 is 0 Å². The first-order valence-corrected chi connectivity index (χ1v) is 8.31. The lowest BCUT2D eigenvalue weighted by Crippen LogP contribution is -2.39. The second kappa shape index (κ2) is 6.73. The van der Waals surface area contributed by atoms with E-state index in [1.54, 1.807) is 12.4 Å². The number of hydrogen-bond acceptors (Lipinski definition) is 4. The second-order valence-electron chi connectivity index (χ2n) is 6.41. The Balaban J connectivity index is 1.75. The predicted molar refractivity (Wildman–Crippen MR) is 90.6 cm³/mol. The summed E-state index contributed by atoms with van der Waals surface area (Å²) in [7, 11) is 1.93. The Labute approximate surface area is 142 Å². The van der Waals surface area contributed by atoms with Crippen LogP contribution in [0.3, 0.4) is 0 Å². The van der Waals surface area contributed by atoms with Crippen LogP contribution >= 0.6 is 0 Å². The molecule has 1 aliphatic heterocycles. The van der Waals surface area contributed by atoms with Gasteiger partial charge in [0.05, 0.1) is 17.7 Å². The number of pyridine rings is 1. The zero-order valence-corrected chi connectivity index (χ0v) is 14.6. The Kier molecular flexibility index (Phi) is 4.66. The smallest absolute Gasteiger partial charge is 0.227 e. The highest BCUT2D eigenvalue weighted by Crippen LogP contribution is 2.33. The molecule has 0 radical (unpaired) electrons. The van der Waals surface area contributed by atoms with E-state index in [0.717, 1.165) is 28.9 Å². The van der Waals surface area contributed by atoms with Gasteiger partial charge in [0.15, 0.2) is 0 Å². The minimum absolute atomic E-state index is 0.00250. The van der Waals surface area contributed by atoms with Crippen molar-refractivity contribution in [3.8, 4) is 0 Å². The molecule has 0 aromatic carbocycles. The molecule has 1 N–H and O–H groups in total. The molecule has 3 heterocycles. The molecule has 6 nitrogen and oxygen atoms in total. The fourth-order valence-corrected chi connectivity index (χ4v) is 3.31. The van der Waals surface area contributed by atoms with Gasteiger partial charge in [-0.1, -0.05) is 6.07 Å². The molecule has 0 saturated carbocycles. The molecular weight excluding hydrogens is 304 g/mol. The van der Waals surface area contributed by atoms with Gasteiger partial charge in [-0.15, -0.1) is 0 Å². The van der Waals surface area contributed by atoms with Crippen molar-refractivity contribution < 1.29 is 9.53 Å². The van der Waals surface area contributed by atoms with Crippen molar-refractivity contribution in [2.45, 2.75) is 45.3 Å². The highest BCUT2D eigenvalue weighted by Gasteiger charge is 2.35. The average Bonchev–Trinajstić information content (AvgIpc) is 3.11. The first-order chi connectivity index (χ1) is 11.5. The van der Waals surface area contributed by atoms with Crippen LogP contribution in [0, 0.1) is 13.8 Å². The van der Waals surface area contributed by atoms with Crippen LogP contribution in [-0.4, -0.2) is 33.3 Å². The zero-order chi connectivity index (χ0) is 17.3. The third-order valence-corrected chi connectivity index (χ3v) is 4.85. The van der Waals surface area contributed by atoms with Crippen LogP contribution in [-0.2, 0) is 16.6 Å². The molecule has 0 bridgehead atoms. The lowest BCUT2D eigenvalue weighted by atomic mass is 9.98. The number of carbonyl (C=O) groups excluding carboxylic acids is 1. The van der Waals surface area contributed by atoms with E-state index in [2.05, 4.69) is 15.4 Å². The first-order valence-electron chi connectivity index (χ1n) is 8.31. The Morgan fingerprint density at radius 2 is 2.25 bits per heavy atom. The van der Waals surface area contributed by atoms with Crippen molar-refractivity contribution in [2.24, 2.45) is 7.05 Å². The van der Waals surface area contributed by atoms with Crippen LogP contribution in [0.15, 0.2) is 24.5 Å². The minimum atomic E-state index is -0.240. The van der Waals surface area contributed by atoms with Crippen LogP contribution in [0.2, 0.25) is 0 Å². The molecule has 24 heavy (non-hydrogen) atoms. The number of ether oxygens (including phenoxy) is 1. The number of amides is 1. The Morgan fingerprint density at radius 1 is 1.46 bits per heavy atom. The molecule has 1 saturated heterocycles. The summed E-state index contributed by atoms with van der Waals surface area (Å²) in [6.45, 7) is 6.57. The summed E-state index contributed by atoms with van der Waals surface area (Å²) < 4.78 is 7.80. The minimum Gasteiger partial charge on any atom is -0.371 e. The molecule has 2 aromatic heterocycles. The molecule has 3 atom stereocenters. The molecule has 6 heteroatoms. The molecule has 1 unspecified atom stereocenters. The van der Waals surface area contributed by atoms with Crippen molar-refractivity contribution in [2.75, 3.05) is 6.61 Å². The van der Waals surface area contributed by atoms with Crippen molar-refractivity contribution in [3.05, 3.63) is 47.0 Å². The molecule has 1 aliphatic rings. The normalized spacial score (nSPS) is 21.7. The van der Waals surface area contributed by atoms with Crippen LogP contribution in [0.4, 0.5) is 0 Å². The van der Waals surface area contributed by atoms with Crippen molar-refractivity contribution in [1.29, 1.82) is 0 Å². The SMILES string of the molecule is Cc1nn(C)c(C)c1[C@H]1OCC[C@@H]1NC(=O)C(C)c1cccnc1. The molecule has 128 valence electrons. The molecule has 1 fully saturated rings. The summed E-state index contributed by atoms with van der Waals surface area (Å²) in [5, 5.41) is 7.63. The fourth-order valence-electron chi connectivity index (χ4n) is 3.31. The van der Waals surface area contributed by atoms with Gasteiger partial charge in [-0.25, -0.2) is 0 Å². The third-order valence-electron chi connectivity index (χ3n) is 4.85. The van der Waals surface area contributed by atoms with E-state index in [-0.39, 0.29) is 24.0 Å².